The summed E-state index contributed by atoms with van der Waals surface area (Å²) in [6, 6.07) is 0. The highest BCUT2D eigenvalue weighted by molar-refractivity contribution is 5.79. The van der Waals surface area contributed by atoms with Crippen molar-refractivity contribution in [3.05, 3.63) is 80.9 Å². The molecule has 0 spiro atoms. The monoisotopic (exact) mass is 258 g/mol. The highest BCUT2D eigenvalue weighted by atomic mass is 16.4. The predicted molar refractivity (Wildman–Crippen MR) is 73.8 cm³/mol. The summed E-state index contributed by atoms with van der Waals surface area (Å²) >= 11 is 0. The Morgan fingerprint density at radius 3 is 1.75 bits per heavy atom. The molecule has 2 nitrogen and oxygen atoms in total. The standard InChI is InChI=1S/C18H10O2/c1-2-3-4-5-6-7-8-9-10-11-12-13-14-15-16-17-18(19)20/h4,17H,2-3H2,1H3,(H,19,20). The zero-order valence-corrected chi connectivity index (χ0v) is 10.9. The number of hydrogen-bond acceptors (Lipinski definition) is 1. The van der Waals surface area contributed by atoms with E-state index in [1.807, 2.05) is 6.08 Å². The predicted octanol–water partition coefficient (Wildman–Crippen LogP) is 3.29. The van der Waals surface area contributed by atoms with E-state index in [-0.39, 0.29) is 0 Å². The van der Waals surface area contributed by atoms with Crippen LogP contribution in [0.4, 0.5) is 0 Å². The largest absolute Gasteiger partial charge is 0.478 e. The number of rotatable bonds is 3. The molecule has 0 rings (SSSR count). The normalized spacial score (nSPS) is 5.65. The lowest BCUT2D eigenvalue weighted by molar-refractivity contribution is -0.131. The summed E-state index contributed by atoms with van der Waals surface area (Å²) in [5.74, 6) is -1.11. The van der Waals surface area contributed by atoms with Gasteiger partial charge in [0.25, 0.3) is 0 Å². The molecule has 0 aliphatic rings. The van der Waals surface area contributed by atoms with E-state index < -0.39 is 5.97 Å². The highest BCUT2D eigenvalue weighted by Crippen LogP contribution is 1.84. The van der Waals surface area contributed by atoms with Gasteiger partial charge in [-0.2, -0.15) is 0 Å². The van der Waals surface area contributed by atoms with Gasteiger partial charge in [0.1, 0.15) is 0 Å². The van der Waals surface area contributed by atoms with Gasteiger partial charge in [0.15, 0.2) is 0 Å². The van der Waals surface area contributed by atoms with Crippen molar-refractivity contribution in [2.24, 2.45) is 0 Å². The third kappa shape index (κ3) is 14.6. The quantitative estimate of drug-likeness (QED) is 0.623. The van der Waals surface area contributed by atoms with Gasteiger partial charge in [-0.3, -0.25) is 0 Å². The number of carboxylic acid groups (broad SMARTS) is 1. The van der Waals surface area contributed by atoms with Gasteiger partial charge in [-0.15, -0.1) is 0 Å². The Bertz CT molecular complexity index is 809. The fourth-order valence-corrected chi connectivity index (χ4v) is 0.688. The summed E-state index contributed by atoms with van der Waals surface area (Å²) in [5.41, 5.74) is 29.7. The van der Waals surface area contributed by atoms with E-state index in [9.17, 15) is 4.79 Å². The van der Waals surface area contributed by atoms with Crippen molar-refractivity contribution in [3.8, 4) is 0 Å². The number of carboxylic acids is 1. The zero-order valence-electron chi connectivity index (χ0n) is 10.9. The van der Waals surface area contributed by atoms with E-state index in [0.717, 1.165) is 18.9 Å². The third-order valence-electron chi connectivity index (χ3n) is 1.44. The van der Waals surface area contributed by atoms with Crippen LogP contribution in [-0.2, 0) is 4.79 Å². The molecule has 0 aliphatic carbocycles. The molecule has 2 heteroatoms. The molecule has 0 aromatic heterocycles. The average Bonchev–Trinajstić information content (AvgIpc) is 2.43. The molecule has 0 unspecified atom stereocenters. The van der Waals surface area contributed by atoms with E-state index in [1.165, 1.54) is 0 Å². The van der Waals surface area contributed by atoms with Gasteiger partial charge >= 0.3 is 5.97 Å². The number of aliphatic carboxylic acids is 1. The van der Waals surface area contributed by atoms with Crippen molar-refractivity contribution in [3.63, 3.8) is 0 Å². The molecular formula is C18H10O2. The molecule has 0 aromatic carbocycles. The molecule has 0 bridgehead atoms. The molecule has 0 aromatic rings. The van der Waals surface area contributed by atoms with Crippen LogP contribution in [0.2, 0.25) is 0 Å². The van der Waals surface area contributed by atoms with Crippen LogP contribution in [0, 0.1) is 0 Å². The van der Waals surface area contributed by atoms with Gasteiger partial charge < -0.3 is 5.11 Å². The van der Waals surface area contributed by atoms with E-state index in [1.54, 1.807) is 0 Å². The Morgan fingerprint density at radius 2 is 1.30 bits per heavy atom. The van der Waals surface area contributed by atoms with Crippen molar-refractivity contribution >= 4 is 5.97 Å². The van der Waals surface area contributed by atoms with Gasteiger partial charge in [0.05, 0.1) is 6.08 Å². The van der Waals surface area contributed by atoms with Crippen LogP contribution in [0.25, 0.3) is 0 Å². The average molecular weight is 258 g/mol. The van der Waals surface area contributed by atoms with Gasteiger partial charge in [-0.1, -0.05) is 24.8 Å². The Balaban J connectivity index is 5.28. The molecule has 0 aliphatic heterocycles. The summed E-state index contributed by atoms with van der Waals surface area (Å²) < 4.78 is 0. The van der Waals surface area contributed by atoms with Crippen LogP contribution in [0.3, 0.4) is 0 Å². The van der Waals surface area contributed by atoms with Gasteiger partial charge in [-0.05, 0) is 69.8 Å². The molecular weight excluding hydrogens is 248 g/mol. The van der Waals surface area contributed by atoms with Gasteiger partial charge in [0, 0.05) is 0 Å². The summed E-state index contributed by atoms with van der Waals surface area (Å²) in [6.45, 7) is 2.08. The van der Waals surface area contributed by atoms with Crippen molar-refractivity contribution in [1.82, 2.24) is 0 Å². The topological polar surface area (TPSA) is 37.3 Å². The van der Waals surface area contributed by atoms with Crippen molar-refractivity contribution in [2.75, 3.05) is 0 Å². The first-order valence-corrected chi connectivity index (χ1v) is 5.66. The SMILES string of the molecule is CCCC=C=C=C=C=C=C=C=C=C=C=C=C=CC(=O)O. The fraction of sp³-hybridized carbons (Fsp3) is 0.167. The lowest BCUT2D eigenvalue weighted by Crippen LogP contribution is -1.82. The van der Waals surface area contributed by atoms with Crippen LogP contribution < -0.4 is 0 Å². The Kier molecular flexibility index (Phi) is 11.3. The van der Waals surface area contributed by atoms with Crippen molar-refractivity contribution in [1.29, 1.82) is 0 Å². The summed E-state index contributed by atoms with van der Waals surface area (Å²) in [4.78, 5) is 10.1. The molecule has 1 N–H and O–H groups in total. The molecule has 20 heavy (non-hydrogen) atoms. The molecule has 0 amide bonds. The van der Waals surface area contributed by atoms with Crippen molar-refractivity contribution in [2.45, 2.75) is 19.8 Å². The lowest BCUT2D eigenvalue weighted by atomic mass is 10.3. The second-order valence-electron chi connectivity index (χ2n) is 3.01. The number of carbonyl (C=O) groups is 1. The first kappa shape index (κ1) is 16.6. The van der Waals surface area contributed by atoms with E-state index in [4.69, 9.17) is 5.11 Å². The second-order valence-corrected chi connectivity index (χ2v) is 3.01. The maximum atomic E-state index is 10.1. The number of allylic oxidation sites excluding steroid dienone is 1. The van der Waals surface area contributed by atoms with Crippen LogP contribution >= 0.6 is 0 Å². The van der Waals surface area contributed by atoms with Crippen LogP contribution in [-0.4, -0.2) is 11.1 Å². The molecule has 0 heterocycles. The first-order valence-electron chi connectivity index (χ1n) is 5.66. The Hall–Kier alpha value is -3.43. The maximum absolute atomic E-state index is 10.1. The van der Waals surface area contributed by atoms with E-state index >= 15 is 0 Å². The molecule has 0 saturated carbocycles. The summed E-state index contributed by atoms with van der Waals surface area (Å²) in [7, 11) is 0. The number of hydrogen-bond donors (Lipinski definition) is 1. The molecule has 0 atom stereocenters. The van der Waals surface area contributed by atoms with Crippen molar-refractivity contribution < 1.29 is 9.90 Å². The first-order chi connectivity index (χ1) is 9.77. The second kappa shape index (κ2) is 13.6. The minimum Gasteiger partial charge on any atom is -0.478 e. The third-order valence-corrected chi connectivity index (χ3v) is 1.44. The fourth-order valence-electron chi connectivity index (χ4n) is 0.688. The lowest BCUT2D eigenvalue weighted by Gasteiger charge is -1.73. The van der Waals surface area contributed by atoms with Crippen LogP contribution in [0.1, 0.15) is 19.8 Å². The molecule has 0 fully saturated rings. The van der Waals surface area contributed by atoms with Crippen LogP contribution in [0.5, 0.6) is 0 Å². The van der Waals surface area contributed by atoms with Crippen LogP contribution in [0.15, 0.2) is 80.9 Å². The van der Waals surface area contributed by atoms with Gasteiger partial charge in [-0.25, -0.2) is 4.79 Å². The van der Waals surface area contributed by atoms with Gasteiger partial charge in [0.2, 0.25) is 0 Å². The molecule has 0 saturated heterocycles. The summed E-state index contributed by atoms with van der Waals surface area (Å²) in [5, 5.41) is 8.24. The molecule has 94 valence electrons. The van der Waals surface area contributed by atoms with E-state index in [0.29, 0.717) is 0 Å². The summed E-state index contributed by atoms with van der Waals surface area (Å²) in [6.07, 6.45) is 4.69. The Morgan fingerprint density at radius 1 is 0.850 bits per heavy atom. The minimum atomic E-state index is -1.11. The maximum Gasteiger partial charge on any atom is 0.336 e. The highest BCUT2D eigenvalue weighted by Gasteiger charge is 1.77. The Labute approximate surface area is 117 Å². The molecule has 0 radical (unpaired) electrons. The minimum absolute atomic E-state index is 0.802. The van der Waals surface area contributed by atoms with E-state index in [2.05, 4.69) is 75.7 Å². The smallest absolute Gasteiger partial charge is 0.336 e. The number of unbranched alkanes of at least 4 members (excludes halogenated alkanes) is 1. The zero-order chi connectivity index (χ0) is 14.9.